The van der Waals surface area contributed by atoms with E-state index in [0.717, 1.165) is 6.54 Å². The van der Waals surface area contributed by atoms with Crippen LogP contribution < -0.4 is 0 Å². The molecule has 1 aliphatic rings. The van der Waals surface area contributed by atoms with Crippen LogP contribution in [0.15, 0.2) is 18.2 Å². The first kappa shape index (κ1) is 15.4. The second-order valence-corrected chi connectivity index (χ2v) is 5.76. The van der Waals surface area contributed by atoms with E-state index in [0.29, 0.717) is 29.8 Å². The zero-order valence-corrected chi connectivity index (χ0v) is 12.5. The Kier molecular flexibility index (Phi) is 5.13. The Morgan fingerprint density at radius 2 is 2.30 bits per heavy atom. The molecule has 1 aromatic carbocycles. The van der Waals surface area contributed by atoms with Crippen molar-refractivity contribution in [3.8, 4) is 0 Å². The fourth-order valence-corrected chi connectivity index (χ4v) is 2.51. The first-order valence-electron chi connectivity index (χ1n) is 6.79. The van der Waals surface area contributed by atoms with Crippen LogP contribution in [0.4, 0.5) is 4.39 Å². The van der Waals surface area contributed by atoms with Crippen LogP contribution in [0, 0.1) is 5.82 Å². The van der Waals surface area contributed by atoms with E-state index >= 15 is 0 Å². The van der Waals surface area contributed by atoms with Crippen LogP contribution in [0.2, 0.25) is 5.02 Å². The van der Waals surface area contributed by atoms with Crippen molar-refractivity contribution < 1.29 is 13.9 Å². The minimum Gasteiger partial charge on any atom is -0.368 e. The lowest BCUT2D eigenvalue weighted by Gasteiger charge is -2.34. The van der Waals surface area contributed by atoms with E-state index in [-0.39, 0.29) is 12.2 Å². The van der Waals surface area contributed by atoms with Gasteiger partial charge in [0, 0.05) is 30.6 Å². The standard InChI is InChI=1S/C15H19ClFNO2/c1-10(2)18-5-6-20-15(9-18)14(19)8-11-7-12(16)3-4-13(11)17/h3-4,7,10,15H,5-6,8-9H2,1-2H3. The molecule has 0 radical (unpaired) electrons. The zero-order valence-electron chi connectivity index (χ0n) is 11.7. The molecule has 1 atom stereocenters. The maximum atomic E-state index is 13.6. The highest BCUT2D eigenvalue weighted by molar-refractivity contribution is 6.30. The van der Waals surface area contributed by atoms with Gasteiger partial charge in [0.2, 0.25) is 0 Å². The van der Waals surface area contributed by atoms with Crippen molar-refractivity contribution in [2.45, 2.75) is 32.4 Å². The quantitative estimate of drug-likeness (QED) is 0.856. The Morgan fingerprint density at radius 3 is 3.00 bits per heavy atom. The van der Waals surface area contributed by atoms with Gasteiger partial charge in [0.05, 0.1) is 6.61 Å². The Balaban J connectivity index is 2.02. The second-order valence-electron chi connectivity index (χ2n) is 5.33. The van der Waals surface area contributed by atoms with Gasteiger partial charge in [-0.1, -0.05) is 11.6 Å². The molecule has 0 saturated carbocycles. The van der Waals surface area contributed by atoms with Gasteiger partial charge in [-0.25, -0.2) is 4.39 Å². The SMILES string of the molecule is CC(C)N1CCOC(C(=O)Cc2cc(Cl)ccc2F)C1. The molecule has 0 aromatic heterocycles. The Labute approximate surface area is 123 Å². The van der Waals surface area contributed by atoms with Crippen molar-refractivity contribution in [1.29, 1.82) is 0 Å². The van der Waals surface area contributed by atoms with Gasteiger partial charge in [-0.05, 0) is 37.6 Å². The van der Waals surface area contributed by atoms with Gasteiger partial charge in [0.15, 0.2) is 5.78 Å². The van der Waals surface area contributed by atoms with Crippen molar-refractivity contribution in [3.63, 3.8) is 0 Å². The first-order valence-corrected chi connectivity index (χ1v) is 7.17. The summed E-state index contributed by atoms with van der Waals surface area (Å²) < 4.78 is 19.2. The van der Waals surface area contributed by atoms with Gasteiger partial charge in [-0.3, -0.25) is 9.69 Å². The average molecular weight is 300 g/mol. The topological polar surface area (TPSA) is 29.5 Å². The van der Waals surface area contributed by atoms with Crippen molar-refractivity contribution >= 4 is 17.4 Å². The highest BCUT2D eigenvalue weighted by Crippen LogP contribution is 2.18. The lowest BCUT2D eigenvalue weighted by molar-refractivity contribution is -0.136. The van der Waals surface area contributed by atoms with E-state index in [1.807, 2.05) is 0 Å². The normalized spacial score (nSPS) is 20.4. The fraction of sp³-hybridized carbons (Fsp3) is 0.533. The van der Waals surface area contributed by atoms with Crippen LogP contribution in [0.1, 0.15) is 19.4 Å². The van der Waals surface area contributed by atoms with E-state index in [2.05, 4.69) is 18.7 Å². The highest BCUT2D eigenvalue weighted by atomic mass is 35.5. The molecule has 3 nitrogen and oxygen atoms in total. The molecule has 0 amide bonds. The van der Waals surface area contributed by atoms with Crippen LogP contribution in [0.25, 0.3) is 0 Å². The summed E-state index contributed by atoms with van der Waals surface area (Å²) >= 11 is 5.83. The van der Waals surface area contributed by atoms with Crippen molar-refractivity contribution in [2.75, 3.05) is 19.7 Å². The van der Waals surface area contributed by atoms with Gasteiger partial charge in [-0.2, -0.15) is 0 Å². The maximum absolute atomic E-state index is 13.6. The molecule has 1 saturated heterocycles. The Morgan fingerprint density at radius 1 is 1.55 bits per heavy atom. The Bertz CT molecular complexity index is 493. The minimum absolute atomic E-state index is 0.0169. The molecular weight excluding hydrogens is 281 g/mol. The third kappa shape index (κ3) is 3.78. The molecule has 5 heteroatoms. The predicted molar refractivity (Wildman–Crippen MR) is 76.6 cm³/mol. The Hall–Kier alpha value is -0.970. The number of rotatable bonds is 4. The number of hydrogen-bond donors (Lipinski definition) is 0. The summed E-state index contributed by atoms with van der Waals surface area (Å²) in [6.07, 6.45) is -0.465. The lowest BCUT2D eigenvalue weighted by Crippen LogP contribution is -2.49. The van der Waals surface area contributed by atoms with Crippen LogP contribution in [-0.4, -0.2) is 42.5 Å². The lowest BCUT2D eigenvalue weighted by atomic mass is 10.0. The van der Waals surface area contributed by atoms with E-state index in [4.69, 9.17) is 16.3 Å². The molecule has 1 aliphatic heterocycles. The van der Waals surface area contributed by atoms with Gasteiger partial charge in [-0.15, -0.1) is 0 Å². The molecular formula is C15H19ClFNO2. The largest absolute Gasteiger partial charge is 0.368 e. The number of carbonyl (C=O) groups excluding carboxylic acids is 1. The van der Waals surface area contributed by atoms with Gasteiger partial charge in [0.25, 0.3) is 0 Å². The number of morpholine rings is 1. The third-order valence-electron chi connectivity index (χ3n) is 3.56. The third-order valence-corrected chi connectivity index (χ3v) is 3.79. The van der Waals surface area contributed by atoms with Crippen LogP contribution in [-0.2, 0) is 16.0 Å². The van der Waals surface area contributed by atoms with Gasteiger partial charge >= 0.3 is 0 Å². The number of Topliss-reactive ketones (excluding diaryl/α,β-unsaturated/α-hetero) is 1. The summed E-state index contributed by atoms with van der Waals surface area (Å²) in [5.41, 5.74) is 0.327. The van der Waals surface area contributed by atoms with Crippen LogP contribution in [0.5, 0.6) is 0 Å². The molecule has 1 aromatic rings. The van der Waals surface area contributed by atoms with E-state index in [1.165, 1.54) is 18.2 Å². The molecule has 2 rings (SSSR count). The highest BCUT2D eigenvalue weighted by Gasteiger charge is 2.28. The van der Waals surface area contributed by atoms with Crippen LogP contribution in [0.3, 0.4) is 0 Å². The maximum Gasteiger partial charge on any atom is 0.167 e. The molecule has 1 heterocycles. The van der Waals surface area contributed by atoms with Gasteiger partial charge < -0.3 is 4.74 Å². The number of benzene rings is 1. The number of ether oxygens (including phenoxy) is 1. The number of ketones is 1. The minimum atomic E-state index is -0.482. The van der Waals surface area contributed by atoms with E-state index < -0.39 is 11.9 Å². The van der Waals surface area contributed by atoms with Crippen molar-refractivity contribution in [1.82, 2.24) is 4.90 Å². The second kappa shape index (κ2) is 6.66. The monoisotopic (exact) mass is 299 g/mol. The summed E-state index contributed by atoms with van der Waals surface area (Å²) in [7, 11) is 0. The molecule has 20 heavy (non-hydrogen) atoms. The van der Waals surface area contributed by atoms with Crippen molar-refractivity contribution in [2.24, 2.45) is 0 Å². The molecule has 0 N–H and O–H groups in total. The van der Waals surface area contributed by atoms with Crippen molar-refractivity contribution in [3.05, 3.63) is 34.6 Å². The number of hydrogen-bond acceptors (Lipinski definition) is 3. The molecule has 1 fully saturated rings. The number of carbonyl (C=O) groups is 1. The van der Waals surface area contributed by atoms with E-state index in [1.54, 1.807) is 0 Å². The zero-order chi connectivity index (χ0) is 14.7. The summed E-state index contributed by atoms with van der Waals surface area (Å²) in [6, 6.07) is 4.63. The summed E-state index contributed by atoms with van der Waals surface area (Å²) in [5, 5.41) is 0.433. The molecule has 0 aliphatic carbocycles. The number of halogens is 2. The molecule has 0 spiro atoms. The van der Waals surface area contributed by atoms with E-state index in [9.17, 15) is 9.18 Å². The predicted octanol–water partition coefficient (Wildman–Crippen LogP) is 2.70. The first-order chi connectivity index (χ1) is 9.47. The summed E-state index contributed by atoms with van der Waals surface area (Å²) in [6.45, 7) is 6.10. The molecule has 0 bridgehead atoms. The summed E-state index contributed by atoms with van der Waals surface area (Å²) in [5.74, 6) is -0.504. The van der Waals surface area contributed by atoms with Gasteiger partial charge in [0.1, 0.15) is 11.9 Å². The summed E-state index contributed by atoms with van der Waals surface area (Å²) in [4.78, 5) is 14.4. The number of nitrogens with zero attached hydrogens (tertiary/aromatic N) is 1. The average Bonchev–Trinajstić information content (AvgIpc) is 2.43. The molecule has 1 unspecified atom stereocenters. The van der Waals surface area contributed by atoms with Crippen LogP contribution >= 0.6 is 11.6 Å². The molecule has 110 valence electrons. The smallest absolute Gasteiger partial charge is 0.167 e. The fourth-order valence-electron chi connectivity index (χ4n) is 2.31.